The fourth-order valence-electron chi connectivity index (χ4n) is 4.14. The van der Waals surface area contributed by atoms with Gasteiger partial charge in [0.2, 0.25) is 0 Å². The molecule has 4 aromatic rings. The first-order valence-corrected chi connectivity index (χ1v) is 10.9. The molecule has 172 valence electrons. The summed E-state index contributed by atoms with van der Waals surface area (Å²) in [7, 11) is 1.70. The number of nitrogens with one attached hydrogen (secondary N) is 1. The van der Waals surface area contributed by atoms with E-state index in [0.717, 1.165) is 10.9 Å². The van der Waals surface area contributed by atoms with Crippen molar-refractivity contribution in [2.75, 3.05) is 36.6 Å². The van der Waals surface area contributed by atoms with Crippen LogP contribution in [0.1, 0.15) is 15.9 Å². The lowest BCUT2D eigenvalue weighted by Crippen LogP contribution is -2.25. The van der Waals surface area contributed by atoms with Crippen LogP contribution in [0.5, 0.6) is 5.75 Å². The molecule has 0 aliphatic carbocycles. The Morgan fingerprint density at radius 3 is 2.76 bits per heavy atom. The number of hydrogen-bond acceptors (Lipinski definition) is 7. The topological polar surface area (TPSA) is 112 Å². The second-order valence-corrected chi connectivity index (χ2v) is 7.94. The van der Waals surface area contributed by atoms with Crippen LogP contribution in [0.2, 0.25) is 0 Å². The number of hydrogen-bond donors (Lipinski definition) is 2. The average molecular weight is 457 g/mol. The number of anilines is 3. The average Bonchev–Trinajstić information content (AvgIpc) is 2.94. The number of rotatable bonds is 6. The lowest BCUT2D eigenvalue weighted by atomic mass is 10.1. The van der Waals surface area contributed by atoms with E-state index in [9.17, 15) is 14.7 Å². The number of carbonyl (C=O) groups is 1. The van der Waals surface area contributed by atoms with Crippen LogP contribution in [-0.2, 0) is 6.42 Å². The van der Waals surface area contributed by atoms with Crippen molar-refractivity contribution in [3.8, 4) is 5.75 Å². The van der Waals surface area contributed by atoms with Gasteiger partial charge in [-0.25, -0.2) is 9.97 Å². The van der Waals surface area contributed by atoms with Gasteiger partial charge in [0.15, 0.2) is 5.82 Å². The summed E-state index contributed by atoms with van der Waals surface area (Å²) in [6.45, 7) is 0.443. The van der Waals surface area contributed by atoms with Crippen molar-refractivity contribution < 1.29 is 14.6 Å². The number of benzene rings is 1. The zero-order valence-electron chi connectivity index (χ0n) is 18.6. The molecule has 0 spiro atoms. The standard InChI is InChI=1S/C25H23N5O4/c1-29-20-7-4-9-26-24(20)30(10-11-31)23-18(25(29)33)13-16(15-27-23)8-12-34-21-14-22(32)28-19-6-3-2-5-17(19)21/h2-7,9,13-15,31H,8,10-12H2,1H3,(H,28,32). The predicted molar refractivity (Wildman–Crippen MR) is 129 cm³/mol. The third-order valence-corrected chi connectivity index (χ3v) is 5.78. The molecule has 2 N–H and O–H groups in total. The van der Waals surface area contributed by atoms with Crippen LogP contribution in [0.4, 0.5) is 17.3 Å². The number of nitrogens with zero attached hydrogens (tertiary/aromatic N) is 4. The van der Waals surface area contributed by atoms with Gasteiger partial charge in [0.05, 0.1) is 30.0 Å². The minimum Gasteiger partial charge on any atom is -0.492 e. The smallest absolute Gasteiger partial charge is 0.261 e. The van der Waals surface area contributed by atoms with Gasteiger partial charge in [0.25, 0.3) is 11.5 Å². The number of pyridine rings is 3. The number of amides is 1. The number of β-amino-alcohol motifs (C(OH)–C–C–N with tert-alkyl or cyclic N) is 1. The normalized spacial score (nSPS) is 12.9. The SMILES string of the molecule is CN1C(=O)c2cc(CCOc3cc(=O)[nH]c4ccccc34)cnc2N(CCO)c2ncccc21. The van der Waals surface area contributed by atoms with Crippen LogP contribution < -0.4 is 20.1 Å². The summed E-state index contributed by atoms with van der Waals surface area (Å²) >= 11 is 0. The molecule has 1 aliphatic rings. The van der Waals surface area contributed by atoms with Crippen molar-refractivity contribution in [3.05, 3.63) is 82.4 Å². The third-order valence-electron chi connectivity index (χ3n) is 5.78. The zero-order chi connectivity index (χ0) is 23.7. The molecule has 1 aromatic carbocycles. The maximum Gasteiger partial charge on any atom is 0.261 e. The molecule has 9 heteroatoms. The number of carbonyl (C=O) groups excluding carboxylic acids is 1. The number of ether oxygens (including phenoxy) is 1. The van der Waals surface area contributed by atoms with E-state index >= 15 is 0 Å². The van der Waals surface area contributed by atoms with Gasteiger partial charge < -0.3 is 24.6 Å². The molecular formula is C25H23N5O4. The predicted octanol–water partition coefficient (Wildman–Crippen LogP) is 2.66. The Hall–Kier alpha value is -4.24. The Labute approximate surface area is 195 Å². The van der Waals surface area contributed by atoms with Gasteiger partial charge in [0, 0.05) is 43.9 Å². The first-order valence-electron chi connectivity index (χ1n) is 10.9. The van der Waals surface area contributed by atoms with Crippen molar-refractivity contribution in [3.63, 3.8) is 0 Å². The van der Waals surface area contributed by atoms with Crippen LogP contribution in [0.15, 0.2) is 65.7 Å². The van der Waals surface area contributed by atoms with Crippen molar-refractivity contribution >= 4 is 34.1 Å². The summed E-state index contributed by atoms with van der Waals surface area (Å²) in [4.78, 5) is 40.3. The van der Waals surface area contributed by atoms with E-state index in [4.69, 9.17) is 4.74 Å². The molecule has 1 aliphatic heterocycles. The van der Waals surface area contributed by atoms with Gasteiger partial charge in [-0.3, -0.25) is 9.59 Å². The lowest BCUT2D eigenvalue weighted by molar-refractivity contribution is 0.0994. The molecule has 0 unspecified atom stereocenters. The molecule has 0 bridgehead atoms. The molecule has 0 atom stereocenters. The monoisotopic (exact) mass is 457 g/mol. The van der Waals surface area contributed by atoms with Crippen LogP contribution in [0.25, 0.3) is 10.9 Å². The first kappa shape index (κ1) is 21.6. The van der Waals surface area contributed by atoms with Gasteiger partial charge in [-0.15, -0.1) is 0 Å². The summed E-state index contributed by atoms with van der Waals surface area (Å²) in [5, 5.41) is 10.5. The number of aliphatic hydroxyl groups excluding tert-OH is 1. The van der Waals surface area contributed by atoms with E-state index in [-0.39, 0.29) is 24.6 Å². The van der Waals surface area contributed by atoms with E-state index < -0.39 is 0 Å². The number of aliphatic hydroxyl groups is 1. The van der Waals surface area contributed by atoms with Gasteiger partial charge in [-0.2, -0.15) is 0 Å². The Morgan fingerprint density at radius 1 is 1.06 bits per heavy atom. The van der Waals surface area contributed by atoms with Crippen LogP contribution in [-0.4, -0.2) is 52.8 Å². The summed E-state index contributed by atoms with van der Waals surface area (Å²) in [6.07, 6.45) is 3.84. The summed E-state index contributed by atoms with van der Waals surface area (Å²) in [6, 6.07) is 14.3. The molecule has 9 nitrogen and oxygen atoms in total. The maximum atomic E-state index is 13.3. The number of aromatic nitrogens is 3. The van der Waals surface area contributed by atoms with Gasteiger partial charge in [-0.05, 0) is 35.9 Å². The molecule has 0 fully saturated rings. The minimum atomic E-state index is -0.230. The first-order chi connectivity index (χ1) is 16.6. The van der Waals surface area contributed by atoms with Crippen molar-refractivity contribution in [2.24, 2.45) is 0 Å². The zero-order valence-corrected chi connectivity index (χ0v) is 18.6. The van der Waals surface area contributed by atoms with Crippen LogP contribution >= 0.6 is 0 Å². The molecule has 1 amide bonds. The fraction of sp³-hybridized carbons (Fsp3) is 0.200. The molecular weight excluding hydrogens is 434 g/mol. The highest BCUT2D eigenvalue weighted by molar-refractivity contribution is 6.12. The molecule has 0 saturated carbocycles. The van der Waals surface area contributed by atoms with E-state index in [1.807, 2.05) is 30.3 Å². The molecule has 34 heavy (non-hydrogen) atoms. The Balaban J connectivity index is 1.42. The van der Waals surface area contributed by atoms with Gasteiger partial charge in [0.1, 0.15) is 11.6 Å². The van der Waals surface area contributed by atoms with Crippen molar-refractivity contribution in [1.29, 1.82) is 0 Å². The van der Waals surface area contributed by atoms with E-state index in [0.29, 0.717) is 47.2 Å². The Bertz CT molecular complexity index is 1430. The summed E-state index contributed by atoms with van der Waals surface area (Å²) < 4.78 is 5.93. The molecule has 0 saturated heterocycles. The van der Waals surface area contributed by atoms with E-state index in [1.165, 1.54) is 6.07 Å². The second-order valence-electron chi connectivity index (χ2n) is 7.94. The van der Waals surface area contributed by atoms with Crippen molar-refractivity contribution in [1.82, 2.24) is 15.0 Å². The highest BCUT2D eigenvalue weighted by Gasteiger charge is 2.30. The quantitative estimate of drug-likeness (QED) is 0.458. The number of para-hydroxylation sites is 1. The van der Waals surface area contributed by atoms with Crippen LogP contribution in [0.3, 0.4) is 0 Å². The molecule has 4 heterocycles. The molecule has 5 rings (SSSR count). The van der Waals surface area contributed by atoms with E-state index in [2.05, 4.69) is 15.0 Å². The van der Waals surface area contributed by atoms with Crippen LogP contribution in [0, 0.1) is 0 Å². The summed E-state index contributed by atoms with van der Waals surface area (Å²) in [5.41, 5.74) is 2.37. The molecule has 0 radical (unpaired) electrons. The van der Waals surface area contributed by atoms with Gasteiger partial charge >= 0.3 is 0 Å². The van der Waals surface area contributed by atoms with Crippen molar-refractivity contribution in [2.45, 2.75) is 6.42 Å². The minimum absolute atomic E-state index is 0.116. The Morgan fingerprint density at radius 2 is 1.91 bits per heavy atom. The second kappa shape index (κ2) is 8.95. The highest BCUT2D eigenvalue weighted by atomic mass is 16.5. The van der Waals surface area contributed by atoms with E-state index in [1.54, 1.807) is 41.4 Å². The number of H-pyrrole nitrogens is 1. The fourth-order valence-corrected chi connectivity index (χ4v) is 4.14. The number of fused-ring (bicyclic) bond motifs is 3. The highest BCUT2D eigenvalue weighted by Crippen LogP contribution is 2.37. The maximum absolute atomic E-state index is 13.3. The largest absolute Gasteiger partial charge is 0.492 e. The Kier molecular flexibility index (Phi) is 5.69. The molecule has 3 aromatic heterocycles. The lowest BCUT2D eigenvalue weighted by Gasteiger charge is -2.23. The number of aromatic amines is 1. The third kappa shape index (κ3) is 3.86. The van der Waals surface area contributed by atoms with Gasteiger partial charge in [-0.1, -0.05) is 12.1 Å². The summed E-state index contributed by atoms with van der Waals surface area (Å²) in [5.74, 6) is 1.32.